The second kappa shape index (κ2) is 5.46. The monoisotopic (exact) mass is 276 g/mol. The van der Waals surface area contributed by atoms with Gasteiger partial charge < -0.3 is 19.1 Å². The molecule has 3 rings (SSSR count). The van der Waals surface area contributed by atoms with Gasteiger partial charge in [-0.2, -0.15) is 0 Å². The molecule has 1 fully saturated rings. The molecule has 7 heteroatoms. The first-order valence-electron chi connectivity index (χ1n) is 6.54. The summed E-state index contributed by atoms with van der Waals surface area (Å²) in [5.41, 5.74) is 0.315. The Kier molecular flexibility index (Phi) is 3.51. The van der Waals surface area contributed by atoms with E-state index in [9.17, 15) is 4.79 Å². The van der Waals surface area contributed by atoms with Gasteiger partial charge in [0.05, 0.1) is 6.04 Å². The Labute approximate surface area is 115 Å². The highest BCUT2D eigenvalue weighted by Crippen LogP contribution is 2.30. The van der Waals surface area contributed by atoms with Crippen molar-refractivity contribution in [3.63, 3.8) is 0 Å². The van der Waals surface area contributed by atoms with Gasteiger partial charge in [0.25, 0.3) is 5.91 Å². The van der Waals surface area contributed by atoms with Crippen LogP contribution in [-0.2, 0) is 11.3 Å². The van der Waals surface area contributed by atoms with E-state index in [4.69, 9.17) is 9.26 Å². The first-order valence-corrected chi connectivity index (χ1v) is 6.54. The minimum atomic E-state index is -0.130. The van der Waals surface area contributed by atoms with Gasteiger partial charge in [0.15, 0.2) is 11.5 Å². The number of rotatable bonds is 4. The van der Waals surface area contributed by atoms with E-state index in [-0.39, 0.29) is 11.9 Å². The van der Waals surface area contributed by atoms with Crippen LogP contribution in [-0.4, -0.2) is 39.6 Å². The van der Waals surface area contributed by atoms with Crippen LogP contribution in [0.5, 0.6) is 0 Å². The molecule has 0 radical (unpaired) electrons. The first-order chi connectivity index (χ1) is 9.79. The van der Waals surface area contributed by atoms with Crippen molar-refractivity contribution in [2.45, 2.75) is 25.5 Å². The molecule has 0 aromatic carbocycles. The van der Waals surface area contributed by atoms with Gasteiger partial charge in [-0.15, -0.1) is 0 Å². The Morgan fingerprint density at radius 1 is 1.65 bits per heavy atom. The van der Waals surface area contributed by atoms with E-state index in [1.807, 2.05) is 0 Å². The third-order valence-electron chi connectivity index (χ3n) is 3.41. The number of hydrogen-bond acceptors (Lipinski definition) is 5. The molecule has 1 amide bonds. The predicted molar refractivity (Wildman–Crippen MR) is 68.8 cm³/mol. The number of carbonyl (C=O) groups is 1. The number of nitrogens with one attached hydrogen (secondary N) is 1. The van der Waals surface area contributed by atoms with Gasteiger partial charge in [-0.05, 0) is 12.8 Å². The zero-order chi connectivity index (χ0) is 13.9. The molecule has 0 aliphatic carbocycles. The highest BCUT2D eigenvalue weighted by Gasteiger charge is 2.33. The lowest BCUT2D eigenvalue weighted by Crippen LogP contribution is -2.31. The van der Waals surface area contributed by atoms with Gasteiger partial charge in [0.1, 0.15) is 12.4 Å². The van der Waals surface area contributed by atoms with Crippen LogP contribution in [0.25, 0.3) is 0 Å². The van der Waals surface area contributed by atoms with Gasteiger partial charge >= 0.3 is 0 Å². The minimum Gasteiger partial charge on any atom is -0.377 e. The second-order valence-corrected chi connectivity index (χ2v) is 4.74. The number of carbonyl (C=O) groups excluding carboxylic acids is 1. The molecular formula is C13H16N4O3. The van der Waals surface area contributed by atoms with Gasteiger partial charge in [-0.25, -0.2) is 4.98 Å². The zero-order valence-corrected chi connectivity index (χ0v) is 11.2. The van der Waals surface area contributed by atoms with E-state index in [0.717, 1.165) is 18.7 Å². The second-order valence-electron chi connectivity index (χ2n) is 4.74. The van der Waals surface area contributed by atoms with Crippen LogP contribution in [0.1, 0.15) is 41.0 Å². The molecule has 2 aromatic rings. The first kappa shape index (κ1) is 12.9. The maximum absolute atomic E-state index is 12.5. The molecule has 1 aliphatic heterocycles. The Morgan fingerprint density at radius 3 is 3.30 bits per heavy atom. The maximum Gasteiger partial charge on any atom is 0.276 e. The fourth-order valence-electron chi connectivity index (χ4n) is 2.52. The fraction of sp³-hybridized carbons (Fsp3) is 0.462. The van der Waals surface area contributed by atoms with E-state index >= 15 is 0 Å². The third kappa shape index (κ3) is 2.32. The van der Waals surface area contributed by atoms with E-state index in [1.165, 1.54) is 0 Å². The van der Waals surface area contributed by atoms with Crippen molar-refractivity contribution in [2.75, 3.05) is 13.7 Å². The Bertz CT molecular complexity index is 578. The van der Waals surface area contributed by atoms with Crippen LogP contribution in [0.4, 0.5) is 0 Å². The summed E-state index contributed by atoms with van der Waals surface area (Å²) in [6.45, 7) is 1.01. The smallest absolute Gasteiger partial charge is 0.276 e. The molecule has 1 saturated heterocycles. The molecule has 106 valence electrons. The molecule has 0 saturated carbocycles. The van der Waals surface area contributed by atoms with E-state index in [2.05, 4.69) is 15.1 Å². The summed E-state index contributed by atoms with van der Waals surface area (Å²) < 4.78 is 10.0. The number of aromatic nitrogens is 3. The molecule has 0 spiro atoms. The standard InChI is InChI=1S/C13H16N4O3/c1-19-8-9-7-10(16-20-9)13(18)17-6-2-3-11(17)12-14-4-5-15-12/h4-5,7,11H,2-3,6,8H2,1H3,(H,14,15)/t11-/m0/s1. The Balaban J connectivity index is 1.78. The lowest BCUT2D eigenvalue weighted by Gasteiger charge is -2.21. The van der Waals surface area contributed by atoms with Crippen LogP contribution >= 0.6 is 0 Å². The van der Waals surface area contributed by atoms with Gasteiger partial charge in [0.2, 0.25) is 0 Å². The molecule has 1 N–H and O–H groups in total. The lowest BCUT2D eigenvalue weighted by atomic mass is 10.2. The van der Waals surface area contributed by atoms with Crippen LogP contribution in [0.3, 0.4) is 0 Å². The van der Waals surface area contributed by atoms with Crippen LogP contribution in [0.2, 0.25) is 0 Å². The SMILES string of the molecule is COCc1cc(C(=O)N2CCC[C@H]2c2ncc[nH]2)no1. The Morgan fingerprint density at radius 2 is 2.55 bits per heavy atom. The average molecular weight is 276 g/mol. The highest BCUT2D eigenvalue weighted by molar-refractivity contribution is 5.92. The zero-order valence-electron chi connectivity index (χ0n) is 11.2. The number of aromatic amines is 1. The van der Waals surface area contributed by atoms with Crippen LogP contribution in [0.15, 0.2) is 23.0 Å². The number of ether oxygens (including phenoxy) is 1. The predicted octanol–water partition coefficient (Wildman–Crippen LogP) is 1.52. The molecular weight excluding hydrogens is 260 g/mol. The summed E-state index contributed by atoms with van der Waals surface area (Å²) in [6.07, 6.45) is 5.33. The summed E-state index contributed by atoms with van der Waals surface area (Å²) in [4.78, 5) is 21.6. The maximum atomic E-state index is 12.5. The molecule has 1 atom stereocenters. The summed E-state index contributed by atoms with van der Waals surface area (Å²) in [5.74, 6) is 1.23. The number of hydrogen-bond donors (Lipinski definition) is 1. The highest BCUT2D eigenvalue weighted by atomic mass is 16.5. The number of likely N-dealkylation sites (tertiary alicyclic amines) is 1. The summed E-state index contributed by atoms with van der Waals surface area (Å²) in [6, 6.07) is 1.61. The van der Waals surface area contributed by atoms with Crippen molar-refractivity contribution in [1.29, 1.82) is 0 Å². The van der Waals surface area contributed by atoms with Crippen molar-refractivity contribution in [3.8, 4) is 0 Å². The molecule has 20 heavy (non-hydrogen) atoms. The molecule has 3 heterocycles. The summed E-state index contributed by atoms with van der Waals surface area (Å²) in [5, 5.41) is 3.82. The number of amides is 1. The van der Waals surface area contributed by atoms with E-state index in [0.29, 0.717) is 24.6 Å². The van der Waals surface area contributed by atoms with Crippen molar-refractivity contribution in [3.05, 3.63) is 35.7 Å². The van der Waals surface area contributed by atoms with Crippen LogP contribution in [0, 0.1) is 0 Å². The molecule has 7 nitrogen and oxygen atoms in total. The number of nitrogens with zero attached hydrogens (tertiary/aromatic N) is 3. The molecule has 0 unspecified atom stereocenters. The van der Waals surface area contributed by atoms with Crippen molar-refractivity contribution >= 4 is 5.91 Å². The molecule has 0 bridgehead atoms. The molecule has 1 aliphatic rings. The van der Waals surface area contributed by atoms with E-state index in [1.54, 1.807) is 30.5 Å². The quantitative estimate of drug-likeness (QED) is 0.915. The lowest BCUT2D eigenvalue weighted by molar-refractivity contribution is 0.0719. The number of H-pyrrole nitrogens is 1. The average Bonchev–Trinajstić information content (AvgIpc) is 3.19. The normalized spacial score (nSPS) is 18.6. The minimum absolute atomic E-state index is 0.0138. The fourth-order valence-corrected chi connectivity index (χ4v) is 2.52. The molecule has 2 aromatic heterocycles. The van der Waals surface area contributed by atoms with Crippen LogP contribution < -0.4 is 0 Å². The van der Waals surface area contributed by atoms with Gasteiger partial charge in [-0.3, -0.25) is 4.79 Å². The largest absolute Gasteiger partial charge is 0.377 e. The van der Waals surface area contributed by atoms with Crippen molar-refractivity contribution < 1.29 is 14.1 Å². The number of imidazole rings is 1. The summed E-state index contributed by atoms with van der Waals surface area (Å²) in [7, 11) is 1.57. The van der Waals surface area contributed by atoms with Gasteiger partial charge in [0, 0.05) is 32.1 Å². The summed E-state index contributed by atoms with van der Waals surface area (Å²) >= 11 is 0. The van der Waals surface area contributed by atoms with Crippen molar-refractivity contribution in [2.24, 2.45) is 0 Å². The topological polar surface area (TPSA) is 84.2 Å². The van der Waals surface area contributed by atoms with E-state index < -0.39 is 0 Å². The van der Waals surface area contributed by atoms with Gasteiger partial charge in [-0.1, -0.05) is 5.16 Å². The van der Waals surface area contributed by atoms with Crippen molar-refractivity contribution in [1.82, 2.24) is 20.0 Å². The number of methoxy groups -OCH3 is 1. The third-order valence-corrected chi connectivity index (χ3v) is 3.41. The Hall–Kier alpha value is -2.15.